The number of amidine groups is 1. The van der Waals surface area contributed by atoms with Crippen LogP contribution in [0.5, 0.6) is 11.5 Å². The number of rotatable bonds is 5. The first-order valence-corrected chi connectivity index (χ1v) is 9.78. The zero-order chi connectivity index (χ0) is 18.7. The van der Waals surface area contributed by atoms with Gasteiger partial charge in [-0.3, -0.25) is 10.2 Å². The van der Waals surface area contributed by atoms with Crippen LogP contribution in [0.25, 0.3) is 6.08 Å². The van der Waals surface area contributed by atoms with Crippen molar-refractivity contribution < 1.29 is 14.3 Å². The molecule has 134 valence electrons. The van der Waals surface area contributed by atoms with Crippen LogP contribution in [0, 0.1) is 8.98 Å². The lowest BCUT2D eigenvalue weighted by atomic mass is 10.1. The Balaban J connectivity index is 1.83. The molecule has 8 heteroatoms. The van der Waals surface area contributed by atoms with E-state index in [-0.39, 0.29) is 11.1 Å². The maximum Gasteiger partial charge on any atom is 0.264 e. The second-order valence-electron chi connectivity index (χ2n) is 5.34. The molecule has 0 bridgehead atoms. The SMILES string of the molecule is COc1cc(/C=C2\SC(=N)NC2=O)cc(Cl)c1OCc1ccc(I)cc1. The molecule has 1 fully saturated rings. The largest absolute Gasteiger partial charge is 0.493 e. The normalized spacial score (nSPS) is 15.3. The Labute approximate surface area is 173 Å². The first-order valence-electron chi connectivity index (χ1n) is 7.50. The highest BCUT2D eigenvalue weighted by molar-refractivity contribution is 14.1. The van der Waals surface area contributed by atoms with Crippen molar-refractivity contribution >= 4 is 63.1 Å². The van der Waals surface area contributed by atoms with Gasteiger partial charge < -0.3 is 14.8 Å². The lowest BCUT2D eigenvalue weighted by Crippen LogP contribution is -2.18. The van der Waals surface area contributed by atoms with Crippen LogP contribution in [0.3, 0.4) is 0 Å². The Kier molecular flexibility index (Phi) is 6.10. The molecular weight excluding hydrogens is 487 g/mol. The average molecular weight is 501 g/mol. The van der Waals surface area contributed by atoms with Gasteiger partial charge in [0.25, 0.3) is 5.91 Å². The summed E-state index contributed by atoms with van der Waals surface area (Å²) in [7, 11) is 1.53. The van der Waals surface area contributed by atoms with E-state index in [0.717, 1.165) is 20.9 Å². The van der Waals surface area contributed by atoms with Crippen LogP contribution in [0.1, 0.15) is 11.1 Å². The van der Waals surface area contributed by atoms with Crippen LogP contribution in [0.15, 0.2) is 41.3 Å². The van der Waals surface area contributed by atoms with E-state index in [9.17, 15) is 4.79 Å². The summed E-state index contributed by atoms with van der Waals surface area (Å²) in [6, 6.07) is 11.5. The molecule has 0 aliphatic carbocycles. The number of amides is 1. The number of nitrogens with one attached hydrogen (secondary N) is 2. The predicted molar refractivity (Wildman–Crippen MR) is 113 cm³/mol. The van der Waals surface area contributed by atoms with Gasteiger partial charge in [-0.15, -0.1) is 0 Å². The summed E-state index contributed by atoms with van der Waals surface area (Å²) in [6.45, 7) is 0.364. The van der Waals surface area contributed by atoms with E-state index in [1.807, 2.05) is 24.3 Å². The van der Waals surface area contributed by atoms with Crippen LogP contribution >= 0.6 is 46.0 Å². The first kappa shape index (κ1) is 19.1. The molecule has 1 aliphatic rings. The molecule has 2 aromatic carbocycles. The molecule has 0 radical (unpaired) electrons. The zero-order valence-corrected chi connectivity index (χ0v) is 17.4. The maximum absolute atomic E-state index is 11.7. The van der Waals surface area contributed by atoms with Gasteiger partial charge in [-0.05, 0) is 75.8 Å². The molecule has 3 rings (SSSR count). The van der Waals surface area contributed by atoms with Gasteiger partial charge in [0, 0.05) is 3.57 Å². The van der Waals surface area contributed by atoms with Gasteiger partial charge in [0.1, 0.15) is 6.61 Å². The van der Waals surface area contributed by atoms with Gasteiger partial charge in [-0.1, -0.05) is 23.7 Å². The van der Waals surface area contributed by atoms with Crippen molar-refractivity contribution in [2.45, 2.75) is 6.61 Å². The van der Waals surface area contributed by atoms with E-state index in [1.54, 1.807) is 18.2 Å². The number of thioether (sulfide) groups is 1. The molecule has 26 heavy (non-hydrogen) atoms. The predicted octanol–water partition coefficient (Wildman–Crippen LogP) is 4.67. The van der Waals surface area contributed by atoms with E-state index in [0.29, 0.717) is 33.6 Å². The third-order valence-electron chi connectivity index (χ3n) is 3.51. The Morgan fingerprint density at radius 1 is 1.31 bits per heavy atom. The fourth-order valence-electron chi connectivity index (χ4n) is 2.29. The third-order valence-corrected chi connectivity index (χ3v) is 5.34. The number of carbonyl (C=O) groups excluding carboxylic acids is 1. The standard InChI is InChI=1S/C18H14ClIN2O3S/c1-24-14-7-11(8-15-17(23)22-18(21)26-15)6-13(19)16(14)25-9-10-2-4-12(20)5-3-10/h2-8H,9H2,1H3,(H2,21,22,23)/b15-8-. The van der Waals surface area contributed by atoms with Crippen molar-refractivity contribution in [3.63, 3.8) is 0 Å². The number of ether oxygens (including phenoxy) is 2. The molecule has 0 spiro atoms. The van der Waals surface area contributed by atoms with Crippen molar-refractivity contribution in [2.24, 2.45) is 0 Å². The Morgan fingerprint density at radius 2 is 2.04 bits per heavy atom. The van der Waals surface area contributed by atoms with Gasteiger partial charge in [0.05, 0.1) is 17.0 Å². The van der Waals surface area contributed by atoms with Gasteiger partial charge in [0.2, 0.25) is 0 Å². The highest BCUT2D eigenvalue weighted by atomic mass is 127. The van der Waals surface area contributed by atoms with E-state index in [4.69, 9.17) is 26.5 Å². The van der Waals surface area contributed by atoms with Crippen LogP contribution in [0.4, 0.5) is 0 Å². The summed E-state index contributed by atoms with van der Waals surface area (Å²) < 4.78 is 12.4. The van der Waals surface area contributed by atoms with Gasteiger partial charge in [0.15, 0.2) is 16.7 Å². The topological polar surface area (TPSA) is 71.4 Å². The number of carbonyl (C=O) groups is 1. The summed E-state index contributed by atoms with van der Waals surface area (Å²) in [5.74, 6) is 0.633. The summed E-state index contributed by atoms with van der Waals surface area (Å²) in [5, 5.41) is 10.4. The maximum atomic E-state index is 11.7. The summed E-state index contributed by atoms with van der Waals surface area (Å²) >= 11 is 9.69. The van der Waals surface area contributed by atoms with E-state index >= 15 is 0 Å². The highest BCUT2D eigenvalue weighted by Crippen LogP contribution is 2.38. The minimum atomic E-state index is -0.297. The molecule has 0 saturated carbocycles. The van der Waals surface area contributed by atoms with Gasteiger partial charge >= 0.3 is 0 Å². The average Bonchev–Trinajstić information content (AvgIpc) is 2.92. The molecular formula is C18H14ClIN2O3S. The second kappa shape index (κ2) is 8.32. The molecule has 1 aliphatic heterocycles. The molecule has 1 amide bonds. The van der Waals surface area contributed by atoms with Crippen LogP contribution in [-0.4, -0.2) is 18.2 Å². The zero-order valence-electron chi connectivity index (χ0n) is 13.6. The number of hydrogen-bond donors (Lipinski definition) is 2. The van der Waals surface area contributed by atoms with Crippen molar-refractivity contribution in [1.29, 1.82) is 5.41 Å². The Bertz CT molecular complexity index is 900. The quantitative estimate of drug-likeness (QED) is 0.462. The van der Waals surface area contributed by atoms with Crippen molar-refractivity contribution in [1.82, 2.24) is 5.32 Å². The molecule has 0 atom stereocenters. The van der Waals surface area contributed by atoms with E-state index < -0.39 is 0 Å². The molecule has 1 heterocycles. The minimum Gasteiger partial charge on any atom is -0.493 e. The monoisotopic (exact) mass is 500 g/mol. The lowest BCUT2D eigenvalue weighted by molar-refractivity contribution is -0.115. The lowest BCUT2D eigenvalue weighted by Gasteiger charge is -2.13. The first-order chi connectivity index (χ1) is 12.5. The van der Waals surface area contributed by atoms with Crippen molar-refractivity contribution in [3.05, 3.63) is 61.0 Å². The number of benzene rings is 2. The molecule has 0 aromatic heterocycles. The van der Waals surface area contributed by atoms with Crippen LogP contribution < -0.4 is 14.8 Å². The van der Waals surface area contributed by atoms with Crippen molar-refractivity contribution in [2.75, 3.05) is 7.11 Å². The molecule has 5 nitrogen and oxygen atoms in total. The number of methoxy groups -OCH3 is 1. The fraction of sp³-hybridized carbons (Fsp3) is 0.111. The highest BCUT2D eigenvalue weighted by Gasteiger charge is 2.22. The number of hydrogen-bond acceptors (Lipinski definition) is 5. The second-order valence-corrected chi connectivity index (χ2v) is 8.05. The van der Waals surface area contributed by atoms with E-state index in [1.165, 1.54) is 7.11 Å². The number of halogens is 2. The Morgan fingerprint density at radius 3 is 2.65 bits per heavy atom. The van der Waals surface area contributed by atoms with E-state index in [2.05, 4.69) is 27.9 Å². The smallest absolute Gasteiger partial charge is 0.264 e. The molecule has 2 aromatic rings. The summed E-state index contributed by atoms with van der Waals surface area (Å²) in [5.41, 5.74) is 1.72. The molecule has 1 saturated heterocycles. The minimum absolute atomic E-state index is 0.108. The molecule has 2 N–H and O–H groups in total. The summed E-state index contributed by atoms with van der Waals surface area (Å²) in [4.78, 5) is 12.2. The molecule has 0 unspecified atom stereocenters. The third kappa shape index (κ3) is 4.52. The van der Waals surface area contributed by atoms with Crippen molar-refractivity contribution in [3.8, 4) is 11.5 Å². The van der Waals surface area contributed by atoms with Gasteiger partial charge in [-0.2, -0.15) is 0 Å². The van der Waals surface area contributed by atoms with Crippen LogP contribution in [-0.2, 0) is 11.4 Å². The van der Waals surface area contributed by atoms with Gasteiger partial charge in [-0.25, -0.2) is 0 Å². The Hall–Kier alpha value is -1.71. The van der Waals surface area contributed by atoms with Crippen LogP contribution in [0.2, 0.25) is 5.02 Å². The summed E-state index contributed by atoms with van der Waals surface area (Å²) in [6.07, 6.45) is 1.67. The fourth-order valence-corrected chi connectivity index (χ4v) is 3.63.